The zero-order chi connectivity index (χ0) is 18.2. The van der Waals surface area contributed by atoms with Crippen LogP contribution in [0.2, 0.25) is 5.02 Å². The SMILES string of the molecule is O=C(O)c1ccc(-c2cn(-c3cc(C(F)(F)F)ccc3Cl)nn2)cc1. The van der Waals surface area contributed by atoms with E-state index in [1.165, 1.54) is 30.5 Å². The molecule has 0 amide bonds. The Morgan fingerprint density at radius 1 is 1.12 bits per heavy atom. The molecule has 2 aromatic carbocycles. The van der Waals surface area contributed by atoms with Crippen LogP contribution in [0.25, 0.3) is 16.9 Å². The molecule has 1 aromatic heterocycles. The molecule has 0 spiro atoms. The number of benzene rings is 2. The Kier molecular flexibility index (Phi) is 4.22. The molecule has 0 unspecified atom stereocenters. The third kappa shape index (κ3) is 3.48. The van der Waals surface area contributed by atoms with Gasteiger partial charge in [-0.15, -0.1) is 5.10 Å². The van der Waals surface area contributed by atoms with Crippen LogP contribution in [0.5, 0.6) is 0 Å². The summed E-state index contributed by atoms with van der Waals surface area (Å²) in [6, 6.07) is 8.77. The van der Waals surface area contributed by atoms with E-state index in [-0.39, 0.29) is 16.3 Å². The first-order valence-corrected chi connectivity index (χ1v) is 7.27. The Morgan fingerprint density at radius 3 is 2.40 bits per heavy atom. The highest BCUT2D eigenvalue weighted by atomic mass is 35.5. The van der Waals surface area contributed by atoms with Crippen LogP contribution in [0.1, 0.15) is 15.9 Å². The maximum absolute atomic E-state index is 12.9. The van der Waals surface area contributed by atoms with E-state index in [1.807, 2.05) is 0 Å². The Morgan fingerprint density at radius 2 is 1.80 bits per heavy atom. The lowest BCUT2D eigenvalue weighted by Gasteiger charge is -2.09. The lowest BCUT2D eigenvalue weighted by Crippen LogP contribution is -2.06. The minimum Gasteiger partial charge on any atom is -0.478 e. The summed E-state index contributed by atoms with van der Waals surface area (Å²) in [4.78, 5) is 10.8. The first-order valence-electron chi connectivity index (χ1n) is 6.89. The molecule has 9 heteroatoms. The second-order valence-corrected chi connectivity index (χ2v) is 5.50. The molecule has 0 bridgehead atoms. The predicted molar refractivity (Wildman–Crippen MR) is 83.8 cm³/mol. The summed E-state index contributed by atoms with van der Waals surface area (Å²) in [5.41, 5.74) is 0.231. The molecule has 0 saturated heterocycles. The largest absolute Gasteiger partial charge is 0.478 e. The first kappa shape index (κ1) is 17.0. The molecule has 3 rings (SSSR count). The van der Waals surface area contributed by atoms with Crippen molar-refractivity contribution < 1.29 is 23.1 Å². The molecule has 0 saturated carbocycles. The van der Waals surface area contributed by atoms with Crippen molar-refractivity contribution in [2.45, 2.75) is 6.18 Å². The zero-order valence-corrected chi connectivity index (χ0v) is 13.1. The van der Waals surface area contributed by atoms with E-state index in [0.29, 0.717) is 11.3 Å². The van der Waals surface area contributed by atoms with Gasteiger partial charge in [0.15, 0.2) is 0 Å². The van der Waals surface area contributed by atoms with Crippen molar-refractivity contribution in [1.82, 2.24) is 15.0 Å². The fourth-order valence-corrected chi connectivity index (χ4v) is 2.37. The van der Waals surface area contributed by atoms with Gasteiger partial charge in [0.25, 0.3) is 0 Å². The van der Waals surface area contributed by atoms with Crippen molar-refractivity contribution in [3.05, 3.63) is 64.8 Å². The van der Waals surface area contributed by atoms with Crippen LogP contribution in [0, 0.1) is 0 Å². The number of rotatable bonds is 3. The molecular formula is C16H9ClF3N3O2. The molecular weight excluding hydrogens is 359 g/mol. The molecule has 3 aromatic rings. The fourth-order valence-electron chi connectivity index (χ4n) is 2.16. The lowest BCUT2D eigenvalue weighted by atomic mass is 10.1. The van der Waals surface area contributed by atoms with Gasteiger partial charge in [0.05, 0.1) is 28.0 Å². The number of alkyl halides is 3. The quantitative estimate of drug-likeness (QED) is 0.749. The number of carboxylic acid groups (broad SMARTS) is 1. The molecule has 5 nitrogen and oxygen atoms in total. The molecule has 0 aliphatic heterocycles. The summed E-state index contributed by atoms with van der Waals surface area (Å²) in [5, 5.41) is 16.7. The van der Waals surface area contributed by atoms with Gasteiger partial charge in [0.2, 0.25) is 0 Å². The number of halogens is 4. The van der Waals surface area contributed by atoms with Gasteiger partial charge < -0.3 is 5.11 Å². The smallest absolute Gasteiger partial charge is 0.416 e. The topological polar surface area (TPSA) is 68.0 Å². The molecule has 128 valence electrons. The van der Waals surface area contributed by atoms with E-state index in [0.717, 1.165) is 22.9 Å². The number of nitrogens with zero attached hydrogens (tertiary/aromatic N) is 3. The van der Waals surface area contributed by atoms with Crippen molar-refractivity contribution in [2.75, 3.05) is 0 Å². The first-order chi connectivity index (χ1) is 11.8. The van der Waals surface area contributed by atoms with Crippen LogP contribution < -0.4 is 0 Å². The van der Waals surface area contributed by atoms with Gasteiger partial charge in [0.1, 0.15) is 5.69 Å². The summed E-state index contributed by atoms with van der Waals surface area (Å²) in [6.45, 7) is 0. The standard InChI is InChI=1S/C16H9ClF3N3O2/c17-12-6-5-11(16(18,19)20)7-14(12)23-8-13(21-22-23)9-1-3-10(4-2-9)15(24)25/h1-8H,(H,24,25). The minimum atomic E-state index is -4.50. The van der Waals surface area contributed by atoms with Gasteiger partial charge in [0, 0.05) is 5.56 Å². The third-order valence-electron chi connectivity index (χ3n) is 3.44. The van der Waals surface area contributed by atoms with Gasteiger partial charge in [-0.2, -0.15) is 13.2 Å². The van der Waals surface area contributed by atoms with Crippen molar-refractivity contribution in [2.24, 2.45) is 0 Å². The Hall–Kier alpha value is -2.87. The average molecular weight is 368 g/mol. The van der Waals surface area contributed by atoms with Crippen LogP contribution in [0.4, 0.5) is 13.2 Å². The van der Waals surface area contributed by atoms with Gasteiger partial charge in [-0.1, -0.05) is 28.9 Å². The predicted octanol–water partition coefficient (Wildman–Crippen LogP) is 4.30. The summed E-state index contributed by atoms with van der Waals surface area (Å²) in [6.07, 6.45) is -3.09. The maximum Gasteiger partial charge on any atom is 0.416 e. The van der Waals surface area contributed by atoms with Crippen molar-refractivity contribution >= 4 is 17.6 Å². The number of hydrogen-bond donors (Lipinski definition) is 1. The highest BCUT2D eigenvalue weighted by Crippen LogP contribution is 2.33. The second kappa shape index (κ2) is 6.21. The Balaban J connectivity index is 1.97. The van der Waals surface area contributed by atoms with Gasteiger partial charge in [-0.05, 0) is 30.3 Å². The second-order valence-electron chi connectivity index (χ2n) is 5.09. The van der Waals surface area contributed by atoms with Gasteiger partial charge in [-0.3, -0.25) is 0 Å². The Bertz CT molecular complexity index is 937. The molecule has 0 atom stereocenters. The normalized spacial score (nSPS) is 11.5. The maximum atomic E-state index is 12.9. The fraction of sp³-hybridized carbons (Fsp3) is 0.0625. The van der Waals surface area contributed by atoms with Crippen LogP contribution in [0.15, 0.2) is 48.7 Å². The van der Waals surface area contributed by atoms with Crippen molar-refractivity contribution in [3.8, 4) is 16.9 Å². The van der Waals surface area contributed by atoms with E-state index in [9.17, 15) is 18.0 Å². The summed E-state index contributed by atoms with van der Waals surface area (Å²) in [7, 11) is 0. The van der Waals surface area contributed by atoms with E-state index in [2.05, 4.69) is 10.3 Å². The van der Waals surface area contributed by atoms with E-state index >= 15 is 0 Å². The summed E-state index contributed by atoms with van der Waals surface area (Å²) < 4.78 is 39.7. The summed E-state index contributed by atoms with van der Waals surface area (Å²) in [5.74, 6) is -1.06. The molecule has 0 aliphatic rings. The molecule has 25 heavy (non-hydrogen) atoms. The molecule has 0 fully saturated rings. The van der Waals surface area contributed by atoms with Crippen LogP contribution in [-0.4, -0.2) is 26.1 Å². The third-order valence-corrected chi connectivity index (χ3v) is 3.76. The van der Waals surface area contributed by atoms with Gasteiger partial charge in [-0.25, -0.2) is 9.48 Å². The van der Waals surface area contributed by atoms with Crippen LogP contribution >= 0.6 is 11.6 Å². The number of carbonyl (C=O) groups is 1. The van der Waals surface area contributed by atoms with Crippen molar-refractivity contribution in [1.29, 1.82) is 0 Å². The minimum absolute atomic E-state index is 0.0393. The zero-order valence-electron chi connectivity index (χ0n) is 12.3. The molecule has 1 heterocycles. The van der Waals surface area contributed by atoms with E-state index in [1.54, 1.807) is 0 Å². The molecule has 0 radical (unpaired) electrons. The highest BCUT2D eigenvalue weighted by molar-refractivity contribution is 6.32. The van der Waals surface area contributed by atoms with Crippen LogP contribution in [0.3, 0.4) is 0 Å². The van der Waals surface area contributed by atoms with Crippen LogP contribution in [-0.2, 0) is 6.18 Å². The number of aromatic carboxylic acids is 1. The number of aromatic nitrogens is 3. The average Bonchev–Trinajstić information content (AvgIpc) is 3.04. The van der Waals surface area contributed by atoms with Gasteiger partial charge >= 0.3 is 12.1 Å². The lowest BCUT2D eigenvalue weighted by molar-refractivity contribution is -0.137. The summed E-state index contributed by atoms with van der Waals surface area (Å²) >= 11 is 5.97. The number of hydrogen-bond acceptors (Lipinski definition) is 3. The highest BCUT2D eigenvalue weighted by Gasteiger charge is 2.31. The van der Waals surface area contributed by atoms with Crippen molar-refractivity contribution in [3.63, 3.8) is 0 Å². The Labute approximate surface area is 144 Å². The number of carboxylic acids is 1. The van der Waals surface area contributed by atoms with E-state index in [4.69, 9.17) is 16.7 Å². The van der Waals surface area contributed by atoms with E-state index < -0.39 is 17.7 Å². The molecule has 0 aliphatic carbocycles. The monoisotopic (exact) mass is 367 g/mol. The molecule has 1 N–H and O–H groups in total.